The molecule has 0 heterocycles. The molecule has 0 amide bonds. The van der Waals surface area contributed by atoms with Crippen LogP contribution < -0.4 is 0 Å². The molecule has 1 aromatic carbocycles. The fraction of sp³-hybridized carbons (Fsp3) is 0.500. The summed E-state index contributed by atoms with van der Waals surface area (Å²) in [5, 5.41) is 6.50. The quantitative estimate of drug-likeness (QED) is 0.677. The van der Waals surface area contributed by atoms with Crippen LogP contribution in [-0.4, -0.2) is 0 Å². The van der Waals surface area contributed by atoms with Gasteiger partial charge in [0.15, 0.2) is 0 Å². The second-order valence-corrected chi connectivity index (χ2v) is 4.94. The number of aryl methyl sites for hydroxylation is 1. The third kappa shape index (κ3) is 2.39. The molecule has 0 spiro atoms. The largest absolute Gasteiger partial charge is 0.202 e. The van der Waals surface area contributed by atoms with E-state index in [-0.39, 0.29) is 0 Å². The van der Waals surface area contributed by atoms with Crippen LogP contribution in [-0.2, 0) is 5.41 Å². The normalized spacial score (nSPS) is 28.5. The summed E-state index contributed by atoms with van der Waals surface area (Å²) in [6.45, 7) is 10.4. The lowest BCUT2D eigenvalue weighted by Gasteiger charge is -2.44. The topological polar surface area (TPSA) is 23.8 Å². The van der Waals surface area contributed by atoms with Gasteiger partial charge in [0.05, 0.1) is 0 Å². The molecule has 1 aliphatic carbocycles. The Balaban J connectivity index is 0.000000531. The maximum absolute atomic E-state index is 6.50. The average molecular weight is 201 g/mol. The van der Waals surface area contributed by atoms with E-state index in [2.05, 4.69) is 51.6 Å². The van der Waals surface area contributed by atoms with Crippen molar-refractivity contribution in [2.45, 2.75) is 39.0 Å². The molecule has 0 N–H and O–H groups in total. The lowest BCUT2D eigenvalue weighted by atomic mass is 9.60. The van der Waals surface area contributed by atoms with Crippen LogP contribution in [0.25, 0.3) is 0 Å². The molecule has 2 rings (SSSR count). The molecule has 1 nitrogen and oxygen atoms in total. The van der Waals surface area contributed by atoms with Crippen molar-refractivity contribution >= 4 is 0 Å². The maximum Gasteiger partial charge on any atom is 0.0462 e. The van der Waals surface area contributed by atoms with Gasteiger partial charge in [-0.3, -0.25) is 0 Å². The molecule has 0 saturated heterocycles. The second-order valence-electron chi connectivity index (χ2n) is 4.94. The summed E-state index contributed by atoms with van der Waals surface area (Å²) < 4.78 is 0. The van der Waals surface area contributed by atoms with Crippen LogP contribution in [0.5, 0.6) is 0 Å². The Morgan fingerprint density at radius 1 is 1.20 bits per heavy atom. The zero-order valence-corrected chi connectivity index (χ0v) is 9.83. The van der Waals surface area contributed by atoms with Gasteiger partial charge in [-0.2, -0.15) is 0 Å². The molecule has 1 saturated carbocycles. The summed E-state index contributed by atoms with van der Waals surface area (Å²) in [6.07, 6.45) is 2.71. The van der Waals surface area contributed by atoms with Gasteiger partial charge in [-0.25, -0.2) is 5.26 Å². The van der Waals surface area contributed by atoms with Crippen LogP contribution >= 0.6 is 0 Å². The van der Waals surface area contributed by atoms with Crippen molar-refractivity contribution in [2.75, 3.05) is 0 Å². The predicted octanol–water partition coefficient (Wildman–Crippen LogP) is 3.82. The lowest BCUT2D eigenvalue weighted by Crippen LogP contribution is -2.36. The van der Waals surface area contributed by atoms with Gasteiger partial charge in [0, 0.05) is 6.57 Å². The Morgan fingerprint density at radius 3 is 2.07 bits per heavy atom. The first-order valence-corrected chi connectivity index (χ1v) is 5.43. The van der Waals surface area contributed by atoms with E-state index in [1.807, 2.05) is 0 Å². The highest BCUT2D eigenvalue weighted by molar-refractivity contribution is 5.30. The fourth-order valence-corrected chi connectivity index (χ4v) is 2.67. The zero-order chi connectivity index (χ0) is 11.5. The highest BCUT2D eigenvalue weighted by Gasteiger charge is 2.38. The molecular weight excluding hydrogens is 182 g/mol. The molecule has 15 heavy (non-hydrogen) atoms. The van der Waals surface area contributed by atoms with Crippen molar-refractivity contribution in [3.8, 4) is 6.57 Å². The molecule has 80 valence electrons. The minimum Gasteiger partial charge on any atom is -0.202 e. The number of rotatable bonds is 1. The van der Waals surface area contributed by atoms with E-state index in [4.69, 9.17) is 5.26 Å². The molecule has 0 unspecified atom stereocenters. The summed E-state index contributed by atoms with van der Waals surface area (Å²) in [7, 11) is 0. The number of nitriles is 1. The van der Waals surface area contributed by atoms with Crippen molar-refractivity contribution in [3.05, 3.63) is 35.4 Å². The van der Waals surface area contributed by atoms with Gasteiger partial charge < -0.3 is 0 Å². The monoisotopic (exact) mass is 201 g/mol. The van der Waals surface area contributed by atoms with E-state index in [0.29, 0.717) is 5.41 Å². The van der Waals surface area contributed by atoms with Crippen LogP contribution in [0.3, 0.4) is 0 Å². The van der Waals surface area contributed by atoms with Gasteiger partial charge in [0.2, 0.25) is 0 Å². The molecule has 1 fully saturated rings. The first-order chi connectivity index (χ1) is 7.10. The number of hydrogen-bond donors (Lipinski definition) is 0. The molecule has 1 aliphatic rings. The Kier molecular flexibility index (Phi) is 3.52. The third-order valence-corrected chi connectivity index (χ3v) is 3.35. The minimum absolute atomic E-state index is 0.479. The molecule has 0 atom stereocenters. The van der Waals surface area contributed by atoms with Gasteiger partial charge in [-0.1, -0.05) is 43.7 Å². The first-order valence-electron chi connectivity index (χ1n) is 5.43. The second kappa shape index (κ2) is 4.49. The Labute approximate surface area is 92.7 Å². The van der Waals surface area contributed by atoms with Gasteiger partial charge in [-0.05, 0) is 36.7 Å². The molecule has 1 aromatic rings. The molecule has 1 heteroatoms. The van der Waals surface area contributed by atoms with Gasteiger partial charge in [-0.15, -0.1) is 0 Å². The summed E-state index contributed by atoms with van der Waals surface area (Å²) in [4.78, 5) is 0. The Morgan fingerprint density at radius 2 is 1.67 bits per heavy atom. The van der Waals surface area contributed by atoms with Crippen LogP contribution in [0.2, 0.25) is 0 Å². The van der Waals surface area contributed by atoms with Crippen LogP contribution in [0.4, 0.5) is 0 Å². The molecule has 0 aliphatic heterocycles. The predicted molar refractivity (Wildman–Crippen MR) is 63.6 cm³/mol. The van der Waals surface area contributed by atoms with Crippen LogP contribution in [0, 0.1) is 24.7 Å². The summed E-state index contributed by atoms with van der Waals surface area (Å²) >= 11 is 0. The highest BCUT2D eigenvalue weighted by Crippen LogP contribution is 2.46. The highest BCUT2D eigenvalue weighted by atomic mass is 14.4. The van der Waals surface area contributed by atoms with E-state index < -0.39 is 0 Å². The average Bonchev–Trinajstić information content (AvgIpc) is 2.19. The smallest absolute Gasteiger partial charge is 0.0462 e. The van der Waals surface area contributed by atoms with E-state index in [1.54, 1.807) is 0 Å². The first kappa shape index (κ1) is 11.8. The Bertz CT molecular complexity index is 328. The molecule has 0 radical (unpaired) electrons. The standard InChI is InChI=1S/C13H18.CHN/c1-10-4-6-12(7-5-10)13(3)8-11(2)9-13;1-2/h4-7,11H,8-9H2,1-3H3;1H. The molecule has 0 aromatic heterocycles. The van der Waals surface area contributed by atoms with Gasteiger partial charge in [0.25, 0.3) is 0 Å². The Hall–Kier alpha value is -1.29. The van der Waals surface area contributed by atoms with Crippen LogP contribution in [0.15, 0.2) is 24.3 Å². The van der Waals surface area contributed by atoms with Gasteiger partial charge >= 0.3 is 0 Å². The summed E-state index contributed by atoms with van der Waals surface area (Å²) in [5.74, 6) is 0.923. The minimum atomic E-state index is 0.479. The summed E-state index contributed by atoms with van der Waals surface area (Å²) in [5.41, 5.74) is 3.36. The fourth-order valence-electron chi connectivity index (χ4n) is 2.67. The summed E-state index contributed by atoms with van der Waals surface area (Å²) in [6, 6.07) is 9.04. The number of benzene rings is 1. The van der Waals surface area contributed by atoms with Crippen molar-refractivity contribution in [1.29, 1.82) is 5.26 Å². The van der Waals surface area contributed by atoms with E-state index in [9.17, 15) is 0 Å². The van der Waals surface area contributed by atoms with E-state index >= 15 is 0 Å². The van der Waals surface area contributed by atoms with Gasteiger partial charge in [0.1, 0.15) is 0 Å². The van der Waals surface area contributed by atoms with E-state index in [1.165, 1.54) is 24.0 Å². The number of hydrogen-bond acceptors (Lipinski definition) is 1. The van der Waals surface area contributed by atoms with Crippen LogP contribution in [0.1, 0.15) is 37.8 Å². The van der Waals surface area contributed by atoms with Crippen molar-refractivity contribution in [3.63, 3.8) is 0 Å². The van der Waals surface area contributed by atoms with E-state index in [0.717, 1.165) is 5.92 Å². The van der Waals surface area contributed by atoms with Crippen molar-refractivity contribution in [2.24, 2.45) is 5.92 Å². The lowest BCUT2D eigenvalue weighted by molar-refractivity contribution is 0.178. The molecular formula is C14H19N. The maximum atomic E-state index is 6.50. The SMILES string of the molecule is C#N.Cc1ccc(C2(C)CC(C)C2)cc1. The van der Waals surface area contributed by atoms with Crippen molar-refractivity contribution in [1.82, 2.24) is 0 Å². The zero-order valence-electron chi connectivity index (χ0n) is 9.83. The number of nitrogens with zero attached hydrogens (tertiary/aromatic N) is 1. The third-order valence-electron chi connectivity index (χ3n) is 3.35. The molecule has 0 bridgehead atoms. The van der Waals surface area contributed by atoms with Crippen molar-refractivity contribution < 1.29 is 0 Å².